The topological polar surface area (TPSA) is 57.5 Å². The van der Waals surface area contributed by atoms with E-state index in [1.54, 1.807) is 0 Å². The van der Waals surface area contributed by atoms with Crippen molar-refractivity contribution in [2.75, 3.05) is 0 Å². The molecule has 0 aliphatic carbocycles. The average Bonchev–Trinajstić information content (AvgIpc) is 1.99. The molecule has 3 nitrogen and oxygen atoms in total. The van der Waals surface area contributed by atoms with Gasteiger partial charge in [0.2, 0.25) is 0 Å². The first-order valence-electron chi connectivity index (χ1n) is 2.85. The van der Waals surface area contributed by atoms with E-state index in [9.17, 15) is 4.79 Å². The molecule has 0 aliphatic rings. The van der Waals surface area contributed by atoms with Gasteiger partial charge in [0.1, 0.15) is 6.29 Å². The SMILES string of the molecule is O=Cc1cc(O)c(O)c(S)c1. The quantitative estimate of drug-likeness (QED) is 0.337. The predicted molar refractivity (Wildman–Crippen MR) is 42.4 cm³/mol. The zero-order valence-electron chi connectivity index (χ0n) is 5.48. The van der Waals surface area contributed by atoms with Crippen molar-refractivity contribution >= 4 is 18.9 Å². The third kappa shape index (κ3) is 1.46. The Kier molecular flexibility index (Phi) is 2.05. The van der Waals surface area contributed by atoms with Crippen LogP contribution in [0.1, 0.15) is 10.4 Å². The minimum absolute atomic E-state index is 0.187. The molecule has 0 atom stereocenters. The third-order valence-corrected chi connectivity index (χ3v) is 1.57. The average molecular weight is 170 g/mol. The Morgan fingerprint density at radius 1 is 1.36 bits per heavy atom. The summed E-state index contributed by atoms with van der Waals surface area (Å²) in [5, 5.41) is 17.9. The lowest BCUT2D eigenvalue weighted by Crippen LogP contribution is -1.80. The summed E-state index contributed by atoms with van der Waals surface area (Å²) < 4.78 is 0. The summed E-state index contributed by atoms with van der Waals surface area (Å²) in [6.07, 6.45) is 0.568. The maximum Gasteiger partial charge on any atom is 0.171 e. The molecule has 1 rings (SSSR count). The van der Waals surface area contributed by atoms with E-state index in [0.717, 1.165) is 0 Å². The van der Waals surface area contributed by atoms with Gasteiger partial charge in [0.15, 0.2) is 11.5 Å². The summed E-state index contributed by atoms with van der Waals surface area (Å²) in [4.78, 5) is 10.4. The third-order valence-electron chi connectivity index (χ3n) is 1.23. The van der Waals surface area contributed by atoms with Gasteiger partial charge >= 0.3 is 0 Å². The van der Waals surface area contributed by atoms with Gasteiger partial charge in [0.25, 0.3) is 0 Å². The molecule has 11 heavy (non-hydrogen) atoms. The fourth-order valence-electron chi connectivity index (χ4n) is 0.693. The van der Waals surface area contributed by atoms with Crippen LogP contribution in [0.25, 0.3) is 0 Å². The van der Waals surface area contributed by atoms with E-state index in [0.29, 0.717) is 6.29 Å². The number of phenolic OH excluding ortho intramolecular Hbond substituents is 2. The van der Waals surface area contributed by atoms with Crippen LogP contribution in [0.4, 0.5) is 0 Å². The predicted octanol–water partition coefficient (Wildman–Crippen LogP) is 1.20. The second-order valence-electron chi connectivity index (χ2n) is 2.03. The maximum atomic E-state index is 10.2. The van der Waals surface area contributed by atoms with Crippen LogP contribution < -0.4 is 0 Å². The van der Waals surface area contributed by atoms with E-state index in [2.05, 4.69) is 12.6 Å². The van der Waals surface area contributed by atoms with Crippen molar-refractivity contribution in [1.29, 1.82) is 0 Å². The molecule has 0 saturated heterocycles. The Morgan fingerprint density at radius 3 is 2.45 bits per heavy atom. The van der Waals surface area contributed by atoms with E-state index in [4.69, 9.17) is 10.2 Å². The van der Waals surface area contributed by atoms with E-state index < -0.39 is 0 Å². The molecule has 0 spiro atoms. The van der Waals surface area contributed by atoms with Crippen LogP contribution in [0.5, 0.6) is 11.5 Å². The zero-order valence-corrected chi connectivity index (χ0v) is 6.38. The number of phenols is 2. The van der Waals surface area contributed by atoms with Crippen molar-refractivity contribution in [3.63, 3.8) is 0 Å². The first kappa shape index (κ1) is 7.94. The Morgan fingerprint density at radius 2 is 2.00 bits per heavy atom. The van der Waals surface area contributed by atoms with Crippen molar-refractivity contribution in [1.82, 2.24) is 0 Å². The highest BCUT2D eigenvalue weighted by Gasteiger charge is 2.04. The van der Waals surface area contributed by atoms with Crippen LogP contribution in [-0.4, -0.2) is 16.5 Å². The minimum Gasteiger partial charge on any atom is -0.504 e. The lowest BCUT2D eigenvalue weighted by molar-refractivity contribution is 0.112. The first-order valence-corrected chi connectivity index (χ1v) is 3.30. The number of carbonyl (C=O) groups excluding carboxylic acids is 1. The van der Waals surface area contributed by atoms with Gasteiger partial charge in [-0.05, 0) is 12.1 Å². The minimum atomic E-state index is -0.334. The molecule has 1 aromatic rings. The first-order chi connectivity index (χ1) is 5.15. The molecule has 0 unspecified atom stereocenters. The van der Waals surface area contributed by atoms with Crippen LogP contribution >= 0.6 is 12.6 Å². The summed E-state index contributed by atoms with van der Waals surface area (Å²) in [7, 11) is 0. The molecule has 0 amide bonds. The second kappa shape index (κ2) is 2.84. The summed E-state index contributed by atoms with van der Waals surface area (Å²) in [5.74, 6) is -0.640. The molecule has 0 fully saturated rings. The zero-order chi connectivity index (χ0) is 8.43. The van der Waals surface area contributed by atoms with Crippen molar-refractivity contribution in [2.24, 2.45) is 0 Å². The van der Waals surface area contributed by atoms with E-state index in [1.807, 2.05) is 0 Å². The van der Waals surface area contributed by atoms with Crippen LogP contribution in [0.3, 0.4) is 0 Å². The van der Waals surface area contributed by atoms with Gasteiger partial charge < -0.3 is 10.2 Å². The van der Waals surface area contributed by atoms with Crippen LogP contribution in [0, 0.1) is 0 Å². The van der Waals surface area contributed by atoms with Gasteiger partial charge in [-0.2, -0.15) is 0 Å². The van der Waals surface area contributed by atoms with Gasteiger partial charge in [-0.3, -0.25) is 4.79 Å². The van der Waals surface area contributed by atoms with Gasteiger partial charge in [-0.25, -0.2) is 0 Å². The summed E-state index contributed by atoms with van der Waals surface area (Å²) >= 11 is 3.82. The van der Waals surface area contributed by atoms with E-state index in [-0.39, 0.29) is 22.0 Å². The van der Waals surface area contributed by atoms with Gasteiger partial charge in [0.05, 0.1) is 4.90 Å². The van der Waals surface area contributed by atoms with Gasteiger partial charge in [0, 0.05) is 5.56 Å². The number of hydrogen-bond acceptors (Lipinski definition) is 4. The van der Waals surface area contributed by atoms with E-state index >= 15 is 0 Å². The largest absolute Gasteiger partial charge is 0.504 e. The molecule has 0 aromatic heterocycles. The van der Waals surface area contributed by atoms with Crippen LogP contribution in [-0.2, 0) is 0 Å². The number of benzene rings is 1. The van der Waals surface area contributed by atoms with Crippen molar-refractivity contribution in [3.8, 4) is 11.5 Å². The Labute approximate surface area is 68.7 Å². The van der Waals surface area contributed by atoms with Crippen LogP contribution in [0.2, 0.25) is 0 Å². The molecular formula is C7H6O3S. The van der Waals surface area contributed by atoms with Gasteiger partial charge in [-0.1, -0.05) is 0 Å². The normalized spacial score (nSPS) is 9.55. The maximum absolute atomic E-state index is 10.2. The molecule has 0 bridgehead atoms. The molecule has 0 heterocycles. The smallest absolute Gasteiger partial charge is 0.171 e. The molecular weight excluding hydrogens is 164 g/mol. The highest BCUT2D eigenvalue weighted by Crippen LogP contribution is 2.31. The number of aromatic hydroxyl groups is 2. The Bertz CT molecular complexity index is 273. The number of aldehydes is 1. The standard InChI is InChI=1S/C7H6O3S/c8-3-4-1-5(9)7(10)6(11)2-4/h1-3,9-11H. The fraction of sp³-hybridized carbons (Fsp3) is 0. The highest BCUT2D eigenvalue weighted by atomic mass is 32.1. The molecule has 0 saturated carbocycles. The molecule has 1 aromatic carbocycles. The second-order valence-corrected chi connectivity index (χ2v) is 2.51. The van der Waals surface area contributed by atoms with Crippen molar-refractivity contribution in [2.45, 2.75) is 4.90 Å². The molecule has 0 aliphatic heterocycles. The monoisotopic (exact) mass is 170 g/mol. The van der Waals surface area contributed by atoms with Crippen molar-refractivity contribution < 1.29 is 15.0 Å². The highest BCUT2D eigenvalue weighted by molar-refractivity contribution is 7.80. The summed E-state index contributed by atoms with van der Waals surface area (Å²) in [5.41, 5.74) is 0.283. The van der Waals surface area contributed by atoms with Crippen LogP contribution in [0.15, 0.2) is 17.0 Å². The fourth-order valence-corrected chi connectivity index (χ4v) is 0.957. The lowest BCUT2D eigenvalue weighted by atomic mass is 10.2. The summed E-state index contributed by atoms with van der Waals surface area (Å²) in [6.45, 7) is 0. The number of hydrogen-bond donors (Lipinski definition) is 3. The Hall–Kier alpha value is -1.16. The number of rotatable bonds is 1. The number of thiol groups is 1. The summed E-state index contributed by atoms with van der Waals surface area (Å²) in [6, 6.07) is 2.53. The van der Waals surface area contributed by atoms with E-state index in [1.165, 1.54) is 12.1 Å². The molecule has 0 radical (unpaired) electrons. The Balaban J connectivity index is 3.31. The number of carbonyl (C=O) groups is 1. The van der Waals surface area contributed by atoms with Crippen molar-refractivity contribution in [3.05, 3.63) is 17.7 Å². The molecule has 4 heteroatoms. The molecule has 58 valence electrons. The lowest BCUT2D eigenvalue weighted by Gasteiger charge is -2.00. The molecule has 2 N–H and O–H groups in total. The van der Waals surface area contributed by atoms with Gasteiger partial charge in [-0.15, -0.1) is 12.6 Å².